The smallest absolute Gasteiger partial charge is 0.414 e. The molecule has 10 nitrogen and oxygen atoms in total. The summed E-state index contributed by atoms with van der Waals surface area (Å²) in [6, 6.07) is 4.42. The van der Waals surface area contributed by atoms with Crippen LogP contribution in [0.1, 0.15) is 5.56 Å². The maximum Gasteiger partial charge on any atom is 0.414 e. The fourth-order valence-electron chi connectivity index (χ4n) is 3.50. The Morgan fingerprint density at radius 1 is 1.33 bits per heavy atom. The molecule has 0 radical (unpaired) electrons. The molecule has 1 amide bonds. The Morgan fingerprint density at radius 3 is 2.70 bits per heavy atom. The van der Waals surface area contributed by atoms with E-state index in [1.807, 2.05) is 4.90 Å². The molecule has 0 N–H and O–H groups in total. The lowest BCUT2D eigenvalue weighted by Crippen LogP contribution is -2.40. The molecule has 1 atom stereocenters. The third-order valence-corrected chi connectivity index (χ3v) is 6.95. The maximum atomic E-state index is 15.0. The van der Waals surface area contributed by atoms with Gasteiger partial charge in [-0.2, -0.15) is 5.10 Å². The number of sulfone groups is 1. The first-order valence-electron chi connectivity index (χ1n) is 10.3. The molecule has 0 spiro atoms. The first-order chi connectivity index (χ1) is 15.7. The molecule has 3 rings (SSSR count). The topological polar surface area (TPSA) is 107 Å². The number of anilines is 1. The normalized spacial score (nSPS) is 21.3. The lowest BCUT2D eigenvalue weighted by Gasteiger charge is -2.24. The second-order valence-corrected chi connectivity index (χ2v) is 10.1. The Hall–Kier alpha value is -3.12. The summed E-state index contributed by atoms with van der Waals surface area (Å²) in [6.07, 6.45) is 1.90. The Labute approximate surface area is 192 Å². The van der Waals surface area contributed by atoms with Gasteiger partial charge in [0.1, 0.15) is 11.9 Å². The number of rotatable bonds is 9. The van der Waals surface area contributed by atoms with Crippen molar-refractivity contribution >= 4 is 46.8 Å². The van der Waals surface area contributed by atoms with Gasteiger partial charge in [0, 0.05) is 50.4 Å². The number of likely N-dealkylation sites (N-methyl/N-ethyl adjacent to an activating group) is 1. The molecule has 0 saturated carbocycles. The van der Waals surface area contributed by atoms with E-state index >= 15 is 0 Å². The first-order valence-corrected chi connectivity index (χ1v) is 12.1. The zero-order valence-electron chi connectivity index (χ0n) is 18.4. The van der Waals surface area contributed by atoms with E-state index in [1.165, 1.54) is 23.4 Å². The molecule has 178 valence electrons. The van der Waals surface area contributed by atoms with Crippen molar-refractivity contribution in [3.63, 3.8) is 0 Å². The van der Waals surface area contributed by atoms with Gasteiger partial charge in [0.2, 0.25) is 0 Å². The summed E-state index contributed by atoms with van der Waals surface area (Å²) in [5, 5.41) is 5.31. The quantitative estimate of drug-likeness (QED) is 0.393. The number of hydrogen-bond acceptors (Lipinski definition) is 9. The highest BCUT2D eigenvalue weighted by atomic mass is 32.2. The van der Waals surface area contributed by atoms with Crippen LogP contribution in [-0.2, 0) is 14.6 Å². The molecule has 2 aliphatic rings. The van der Waals surface area contributed by atoms with Crippen LogP contribution in [0.15, 0.2) is 39.5 Å². The summed E-state index contributed by atoms with van der Waals surface area (Å²) in [7, 11) is -1.25. The van der Waals surface area contributed by atoms with Crippen LogP contribution < -0.4 is 4.90 Å². The number of ether oxygens (including phenoxy) is 1. The van der Waals surface area contributed by atoms with Gasteiger partial charge in [0.15, 0.2) is 9.84 Å². The van der Waals surface area contributed by atoms with Crippen molar-refractivity contribution in [3.8, 4) is 0 Å². The van der Waals surface area contributed by atoms with E-state index in [0.29, 0.717) is 37.6 Å². The lowest BCUT2D eigenvalue weighted by molar-refractivity contribution is 0.118. The van der Waals surface area contributed by atoms with Crippen LogP contribution in [0.2, 0.25) is 0 Å². The maximum absolute atomic E-state index is 15.0. The summed E-state index contributed by atoms with van der Waals surface area (Å²) >= 11 is 0. The van der Waals surface area contributed by atoms with Gasteiger partial charge in [-0.25, -0.2) is 17.6 Å². The largest absolute Gasteiger partial charge is 0.442 e. The van der Waals surface area contributed by atoms with E-state index in [1.54, 1.807) is 24.2 Å². The zero-order chi connectivity index (χ0) is 24.0. The van der Waals surface area contributed by atoms with E-state index < -0.39 is 27.9 Å². The van der Waals surface area contributed by atoms with Gasteiger partial charge in [-0.05, 0) is 24.9 Å². The molecule has 2 fully saturated rings. The molecule has 2 heterocycles. The highest BCUT2D eigenvalue weighted by Crippen LogP contribution is 2.27. The van der Waals surface area contributed by atoms with Crippen molar-refractivity contribution < 1.29 is 22.3 Å². The van der Waals surface area contributed by atoms with E-state index in [2.05, 4.69) is 28.5 Å². The lowest BCUT2D eigenvalue weighted by atomic mass is 10.1. The number of amides is 1. The van der Waals surface area contributed by atoms with Crippen LogP contribution >= 0.6 is 0 Å². The monoisotopic (exact) mass is 478 g/mol. The number of halogens is 1. The van der Waals surface area contributed by atoms with Crippen molar-refractivity contribution in [1.29, 1.82) is 0 Å². The van der Waals surface area contributed by atoms with Crippen LogP contribution in [0.3, 0.4) is 0 Å². The number of benzene rings is 1. The van der Waals surface area contributed by atoms with Crippen LogP contribution in [-0.4, -0.2) is 102 Å². The number of nitrogens with zero attached hydrogens (tertiary/aromatic N) is 6. The van der Waals surface area contributed by atoms with Crippen LogP contribution in [0.5, 0.6) is 0 Å². The Morgan fingerprint density at radius 2 is 2.06 bits per heavy atom. The predicted molar refractivity (Wildman–Crippen MR) is 127 cm³/mol. The fourth-order valence-corrected chi connectivity index (χ4v) is 4.78. The SMILES string of the molecule is C=N/C=C(\C=N/CN1CCS(=O)(=O)CC1)c1ccc(N2CC(CN(C)N=C)OC2=O)cc1F. The third kappa shape index (κ3) is 6.45. The van der Waals surface area contributed by atoms with Crippen molar-refractivity contribution in [3.05, 3.63) is 35.8 Å². The van der Waals surface area contributed by atoms with E-state index in [9.17, 15) is 17.6 Å². The van der Waals surface area contributed by atoms with Gasteiger partial charge in [0.05, 0.1) is 37.0 Å². The average Bonchev–Trinajstić information content (AvgIpc) is 3.14. The summed E-state index contributed by atoms with van der Waals surface area (Å²) in [4.78, 5) is 23.6. The van der Waals surface area contributed by atoms with Crippen LogP contribution in [0.25, 0.3) is 5.57 Å². The summed E-state index contributed by atoms with van der Waals surface area (Å²) in [5.74, 6) is -0.343. The van der Waals surface area contributed by atoms with E-state index in [0.717, 1.165) is 0 Å². The summed E-state index contributed by atoms with van der Waals surface area (Å²) < 4.78 is 43.4. The number of hydrazone groups is 1. The van der Waals surface area contributed by atoms with Crippen molar-refractivity contribution in [1.82, 2.24) is 9.91 Å². The Bertz CT molecular complexity index is 1060. The Balaban J connectivity index is 1.69. The summed E-state index contributed by atoms with van der Waals surface area (Å²) in [6.45, 7) is 8.60. The standard InChI is InChI=1S/C21H27FN6O4S/c1-23-11-16(12-25-15-27-6-8-33(30,31)9-7-27)19-5-4-17(10-20(19)22)28-14-18(32-21(28)29)13-26(3)24-2/h4-5,10-12,18H,1-2,6-9,13-15H2,3H3/b16-11+,25-12-. The number of carbonyl (C=O) groups excluding carboxylic acids is 1. The van der Waals surface area contributed by atoms with Crippen molar-refractivity contribution in [2.75, 3.05) is 56.3 Å². The van der Waals surface area contributed by atoms with Gasteiger partial charge >= 0.3 is 6.09 Å². The molecule has 2 saturated heterocycles. The predicted octanol–water partition coefficient (Wildman–Crippen LogP) is 1.50. The van der Waals surface area contributed by atoms with Crippen LogP contribution in [0.4, 0.5) is 14.9 Å². The number of cyclic esters (lactones) is 1. The Kier molecular flexibility index (Phi) is 7.92. The molecule has 1 unspecified atom stereocenters. The molecule has 12 heteroatoms. The summed E-state index contributed by atoms with van der Waals surface area (Å²) in [5.41, 5.74) is 1.02. The molecule has 33 heavy (non-hydrogen) atoms. The average molecular weight is 479 g/mol. The number of allylic oxidation sites excluding steroid dienone is 1. The van der Waals surface area contributed by atoms with E-state index in [-0.39, 0.29) is 23.6 Å². The zero-order valence-corrected chi connectivity index (χ0v) is 19.2. The molecular formula is C21H27FN6O4S. The molecule has 0 aromatic heterocycles. The number of hydrogen-bond donors (Lipinski definition) is 0. The molecule has 1 aromatic rings. The van der Waals surface area contributed by atoms with Gasteiger partial charge < -0.3 is 4.74 Å². The minimum Gasteiger partial charge on any atom is -0.442 e. The number of aliphatic imine (C=N–C) groups is 2. The number of carbonyl (C=O) groups is 1. The second kappa shape index (κ2) is 10.7. The van der Waals surface area contributed by atoms with Crippen molar-refractivity contribution in [2.24, 2.45) is 15.1 Å². The van der Waals surface area contributed by atoms with Gasteiger partial charge in [-0.3, -0.25) is 24.8 Å². The van der Waals surface area contributed by atoms with Gasteiger partial charge in [-0.1, -0.05) is 0 Å². The van der Waals surface area contributed by atoms with Gasteiger partial charge in [0.25, 0.3) is 0 Å². The fraction of sp³-hybridized carbons (Fsp3) is 0.429. The van der Waals surface area contributed by atoms with Gasteiger partial charge in [-0.15, -0.1) is 0 Å². The highest BCUT2D eigenvalue weighted by molar-refractivity contribution is 7.91. The molecule has 1 aromatic carbocycles. The minimum absolute atomic E-state index is 0.107. The second-order valence-electron chi connectivity index (χ2n) is 7.75. The van der Waals surface area contributed by atoms with Crippen molar-refractivity contribution in [2.45, 2.75) is 6.10 Å². The molecular weight excluding hydrogens is 451 g/mol. The molecule has 0 aliphatic carbocycles. The minimum atomic E-state index is -2.96. The highest BCUT2D eigenvalue weighted by Gasteiger charge is 2.33. The molecule has 2 aliphatic heterocycles. The van der Waals surface area contributed by atoms with Crippen LogP contribution in [0, 0.1) is 5.82 Å². The third-order valence-electron chi connectivity index (χ3n) is 5.34. The molecule has 0 bridgehead atoms. The first kappa shape index (κ1) is 24.5. The van der Waals surface area contributed by atoms with E-state index in [4.69, 9.17) is 4.74 Å².